The number of allylic oxidation sites excluding steroid dienone is 4. The van der Waals surface area contributed by atoms with Gasteiger partial charge in [-0.2, -0.15) is 0 Å². The number of carbonyl (C=O) groups is 2. The van der Waals surface area contributed by atoms with Gasteiger partial charge >= 0.3 is 11.9 Å². The van der Waals surface area contributed by atoms with E-state index < -0.39 is 11.9 Å². The number of aliphatic carboxylic acids is 1. The smallest absolute Gasteiger partial charge is 0.331 e. The SMILES string of the molecule is COC(=O)/C=C(C)/C=C/C=C(\C)C(=O)O. The lowest BCUT2D eigenvalue weighted by Crippen LogP contribution is -1.95. The van der Waals surface area contributed by atoms with Gasteiger partial charge in [-0.1, -0.05) is 18.2 Å². The van der Waals surface area contributed by atoms with Crippen LogP contribution in [0.4, 0.5) is 0 Å². The topological polar surface area (TPSA) is 63.6 Å². The molecule has 0 saturated carbocycles. The number of ether oxygens (including phenoxy) is 1. The molecule has 1 N–H and O–H groups in total. The van der Waals surface area contributed by atoms with Gasteiger partial charge in [-0.05, 0) is 19.4 Å². The average Bonchev–Trinajstić information content (AvgIpc) is 2.17. The Kier molecular flexibility index (Phi) is 5.78. The lowest BCUT2D eigenvalue weighted by Gasteiger charge is -1.92. The first kappa shape index (κ1) is 13.2. The van der Waals surface area contributed by atoms with Gasteiger partial charge in [0.2, 0.25) is 0 Å². The maximum atomic E-state index is 10.8. The normalized spacial score (nSPS) is 13.0. The van der Waals surface area contributed by atoms with Crippen LogP contribution in [-0.4, -0.2) is 24.2 Å². The number of carboxylic acid groups (broad SMARTS) is 1. The summed E-state index contributed by atoms with van der Waals surface area (Å²) >= 11 is 0. The molecule has 4 heteroatoms. The number of rotatable bonds is 4. The molecular weight excluding hydrogens is 196 g/mol. The van der Waals surface area contributed by atoms with Gasteiger partial charge in [0.25, 0.3) is 0 Å². The minimum atomic E-state index is -0.964. The van der Waals surface area contributed by atoms with Crippen LogP contribution in [0.25, 0.3) is 0 Å². The molecule has 0 aliphatic carbocycles. The standard InChI is InChI=1S/C11H14O4/c1-8(7-10(12)15-3)5-4-6-9(2)11(13)14/h4-7H,1-3H3,(H,13,14)/b5-4+,8-7+,9-6+. The number of hydrogen-bond acceptors (Lipinski definition) is 3. The first-order valence-electron chi connectivity index (χ1n) is 4.32. The zero-order valence-electron chi connectivity index (χ0n) is 8.98. The van der Waals surface area contributed by atoms with Gasteiger partial charge in [0.1, 0.15) is 0 Å². The van der Waals surface area contributed by atoms with E-state index in [0.717, 1.165) is 0 Å². The van der Waals surface area contributed by atoms with Crippen molar-refractivity contribution in [2.45, 2.75) is 13.8 Å². The molecular formula is C11H14O4. The summed E-state index contributed by atoms with van der Waals surface area (Å²) in [5, 5.41) is 8.54. The Bertz CT molecular complexity index is 334. The number of methoxy groups -OCH3 is 1. The molecule has 4 nitrogen and oxygen atoms in total. The highest BCUT2D eigenvalue weighted by Gasteiger charge is 1.96. The van der Waals surface area contributed by atoms with E-state index in [1.807, 2.05) is 0 Å². The van der Waals surface area contributed by atoms with Gasteiger partial charge in [-0.15, -0.1) is 0 Å². The Morgan fingerprint density at radius 2 is 1.87 bits per heavy atom. The van der Waals surface area contributed by atoms with Crippen LogP contribution in [0.3, 0.4) is 0 Å². The highest BCUT2D eigenvalue weighted by Crippen LogP contribution is 1.98. The molecule has 0 amide bonds. The number of carbonyl (C=O) groups excluding carboxylic acids is 1. The summed E-state index contributed by atoms with van der Waals surface area (Å²) in [6.45, 7) is 3.21. The van der Waals surface area contributed by atoms with Crippen molar-refractivity contribution < 1.29 is 19.4 Å². The molecule has 82 valence electrons. The molecule has 0 aliphatic rings. The fourth-order valence-corrected chi connectivity index (χ4v) is 0.708. The van der Waals surface area contributed by atoms with Crippen molar-refractivity contribution >= 4 is 11.9 Å². The molecule has 0 rings (SSSR count). The lowest BCUT2D eigenvalue weighted by atomic mass is 10.2. The molecule has 15 heavy (non-hydrogen) atoms. The molecule has 0 fully saturated rings. The maximum Gasteiger partial charge on any atom is 0.331 e. The molecule has 0 aliphatic heterocycles. The summed E-state index contributed by atoms with van der Waals surface area (Å²) in [5.41, 5.74) is 0.924. The Morgan fingerprint density at radius 1 is 1.27 bits per heavy atom. The molecule has 0 aromatic heterocycles. The maximum absolute atomic E-state index is 10.8. The molecule has 0 atom stereocenters. The van der Waals surface area contributed by atoms with E-state index in [9.17, 15) is 9.59 Å². The van der Waals surface area contributed by atoms with Crippen LogP contribution in [0.5, 0.6) is 0 Å². The third-order valence-corrected chi connectivity index (χ3v) is 1.59. The summed E-state index contributed by atoms with van der Waals surface area (Å²) in [6.07, 6.45) is 5.97. The van der Waals surface area contributed by atoms with Gasteiger partial charge in [0, 0.05) is 11.6 Å². The van der Waals surface area contributed by atoms with E-state index in [1.165, 1.54) is 26.2 Å². The zero-order valence-corrected chi connectivity index (χ0v) is 8.98. The van der Waals surface area contributed by atoms with Crippen LogP contribution in [-0.2, 0) is 14.3 Å². The van der Waals surface area contributed by atoms with Crippen LogP contribution in [0, 0.1) is 0 Å². The van der Waals surface area contributed by atoms with E-state index in [4.69, 9.17) is 5.11 Å². The van der Waals surface area contributed by atoms with Crippen LogP contribution < -0.4 is 0 Å². The first-order chi connectivity index (χ1) is 6.97. The Morgan fingerprint density at radius 3 is 2.33 bits per heavy atom. The van der Waals surface area contributed by atoms with E-state index in [2.05, 4.69) is 4.74 Å². The third kappa shape index (κ3) is 6.26. The van der Waals surface area contributed by atoms with Crippen molar-refractivity contribution in [3.63, 3.8) is 0 Å². The van der Waals surface area contributed by atoms with Gasteiger partial charge in [-0.25, -0.2) is 9.59 Å². The van der Waals surface area contributed by atoms with Crippen molar-refractivity contribution in [3.8, 4) is 0 Å². The zero-order chi connectivity index (χ0) is 11.8. The van der Waals surface area contributed by atoms with Gasteiger partial charge < -0.3 is 9.84 Å². The molecule has 0 radical (unpaired) electrons. The van der Waals surface area contributed by atoms with Gasteiger partial charge in [0.05, 0.1) is 7.11 Å². The monoisotopic (exact) mass is 210 g/mol. The van der Waals surface area contributed by atoms with E-state index in [0.29, 0.717) is 5.57 Å². The Balaban J connectivity index is 4.42. The van der Waals surface area contributed by atoms with Crippen molar-refractivity contribution in [2.24, 2.45) is 0 Å². The van der Waals surface area contributed by atoms with Crippen molar-refractivity contribution in [1.29, 1.82) is 0 Å². The molecule has 0 bridgehead atoms. The summed E-state index contributed by atoms with van der Waals surface area (Å²) in [5.74, 6) is -1.40. The molecule has 0 aromatic rings. The Labute approximate surface area is 88.6 Å². The molecule has 0 heterocycles. The van der Waals surface area contributed by atoms with E-state index in [-0.39, 0.29) is 5.57 Å². The summed E-state index contributed by atoms with van der Waals surface area (Å²) in [6, 6.07) is 0. The largest absolute Gasteiger partial charge is 0.478 e. The molecule has 0 spiro atoms. The summed E-state index contributed by atoms with van der Waals surface area (Å²) < 4.78 is 4.43. The second-order valence-corrected chi connectivity index (χ2v) is 2.93. The first-order valence-corrected chi connectivity index (χ1v) is 4.32. The number of hydrogen-bond donors (Lipinski definition) is 1. The second-order valence-electron chi connectivity index (χ2n) is 2.93. The van der Waals surface area contributed by atoms with Crippen molar-refractivity contribution in [1.82, 2.24) is 0 Å². The van der Waals surface area contributed by atoms with Crippen molar-refractivity contribution in [3.05, 3.63) is 35.5 Å². The highest BCUT2D eigenvalue weighted by molar-refractivity contribution is 5.86. The van der Waals surface area contributed by atoms with E-state index in [1.54, 1.807) is 19.1 Å². The second kappa shape index (κ2) is 6.59. The Hall–Kier alpha value is -1.84. The van der Waals surface area contributed by atoms with Crippen LogP contribution in [0.2, 0.25) is 0 Å². The molecule has 0 unspecified atom stereocenters. The van der Waals surface area contributed by atoms with Gasteiger partial charge in [-0.3, -0.25) is 0 Å². The van der Waals surface area contributed by atoms with Crippen LogP contribution in [0.15, 0.2) is 35.5 Å². The average molecular weight is 210 g/mol. The molecule has 0 saturated heterocycles. The number of esters is 1. The number of carboxylic acids is 1. The van der Waals surface area contributed by atoms with Crippen molar-refractivity contribution in [2.75, 3.05) is 7.11 Å². The van der Waals surface area contributed by atoms with Gasteiger partial charge in [0.15, 0.2) is 0 Å². The highest BCUT2D eigenvalue weighted by atomic mass is 16.5. The minimum absolute atomic E-state index is 0.233. The fraction of sp³-hybridized carbons (Fsp3) is 0.273. The lowest BCUT2D eigenvalue weighted by molar-refractivity contribution is -0.135. The van der Waals surface area contributed by atoms with Crippen LogP contribution in [0.1, 0.15) is 13.8 Å². The molecule has 0 aromatic carbocycles. The predicted octanol–water partition coefficient (Wildman–Crippen LogP) is 1.69. The quantitative estimate of drug-likeness (QED) is 0.435. The predicted molar refractivity (Wildman–Crippen MR) is 56.3 cm³/mol. The minimum Gasteiger partial charge on any atom is -0.478 e. The summed E-state index contributed by atoms with van der Waals surface area (Å²) in [4.78, 5) is 21.2. The summed E-state index contributed by atoms with van der Waals surface area (Å²) in [7, 11) is 1.30. The van der Waals surface area contributed by atoms with E-state index >= 15 is 0 Å². The third-order valence-electron chi connectivity index (χ3n) is 1.59. The fourth-order valence-electron chi connectivity index (χ4n) is 0.708. The van der Waals surface area contributed by atoms with Crippen LogP contribution >= 0.6 is 0 Å².